The van der Waals surface area contributed by atoms with Crippen molar-refractivity contribution in [1.82, 2.24) is 0 Å². The van der Waals surface area contributed by atoms with Crippen LogP contribution in [-0.2, 0) is 25.1 Å². The standard InChI is InChI=1S/C8H16OS2/c1-2-11(10)9-8-6-4-3-5-7-8/h8H,2-7H2,1H3. The van der Waals surface area contributed by atoms with Crippen LogP contribution in [0.3, 0.4) is 0 Å². The maximum atomic E-state index is 5.68. The van der Waals surface area contributed by atoms with Crippen LogP contribution < -0.4 is 0 Å². The molecule has 11 heavy (non-hydrogen) atoms. The van der Waals surface area contributed by atoms with E-state index in [0.717, 1.165) is 5.75 Å². The van der Waals surface area contributed by atoms with E-state index in [4.69, 9.17) is 15.4 Å². The zero-order valence-electron chi connectivity index (χ0n) is 7.04. The topological polar surface area (TPSA) is 9.23 Å². The van der Waals surface area contributed by atoms with Crippen molar-refractivity contribution in [2.75, 3.05) is 5.75 Å². The number of rotatable bonds is 3. The van der Waals surface area contributed by atoms with Gasteiger partial charge in [-0.25, -0.2) is 0 Å². The molecule has 1 fully saturated rings. The predicted octanol–water partition coefficient (Wildman–Crippen LogP) is 2.35. The van der Waals surface area contributed by atoms with E-state index in [-0.39, 0.29) is 9.74 Å². The minimum Gasteiger partial charge on any atom is -0.309 e. The first-order valence-electron chi connectivity index (χ1n) is 4.38. The van der Waals surface area contributed by atoms with Crippen LogP contribution in [0.25, 0.3) is 0 Å². The van der Waals surface area contributed by atoms with Gasteiger partial charge >= 0.3 is 0 Å². The molecule has 1 aliphatic carbocycles. The lowest BCUT2D eigenvalue weighted by Crippen LogP contribution is -2.18. The maximum absolute atomic E-state index is 5.68. The Hall–Kier alpha value is 0.530. The molecule has 0 N–H and O–H groups in total. The molecule has 0 heterocycles. The lowest BCUT2D eigenvalue weighted by Gasteiger charge is -2.21. The van der Waals surface area contributed by atoms with Gasteiger partial charge in [0.05, 0.1) is 6.10 Å². The van der Waals surface area contributed by atoms with Gasteiger partial charge in [-0.05, 0) is 24.0 Å². The van der Waals surface area contributed by atoms with Crippen molar-refractivity contribution in [2.45, 2.75) is 45.1 Å². The van der Waals surface area contributed by atoms with E-state index in [0.29, 0.717) is 6.10 Å². The van der Waals surface area contributed by atoms with E-state index in [9.17, 15) is 0 Å². The third-order valence-electron chi connectivity index (χ3n) is 2.03. The van der Waals surface area contributed by atoms with Gasteiger partial charge in [-0.1, -0.05) is 26.2 Å². The molecule has 0 bridgehead atoms. The molecule has 1 unspecified atom stereocenters. The summed E-state index contributed by atoms with van der Waals surface area (Å²) in [6.45, 7) is 2.10. The minimum atomic E-state index is -0.191. The first-order valence-corrected chi connectivity index (χ1v) is 6.63. The van der Waals surface area contributed by atoms with Crippen molar-refractivity contribution in [3.05, 3.63) is 0 Å². The summed E-state index contributed by atoms with van der Waals surface area (Å²) in [7, 11) is -0.191. The molecule has 0 spiro atoms. The molecule has 0 radical (unpaired) electrons. The Morgan fingerprint density at radius 1 is 1.36 bits per heavy atom. The molecule has 1 saturated carbocycles. The van der Waals surface area contributed by atoms with Crippen LogP contribution in [0.15, 0.2) is 0 Å². The van der Waals surface area contributed by atoms with Crippen molar-refractivity contribution in [2.24, 2.45) is 0 Å². The summed E-state index contributed by atoms with van der Waals surface area (Å²) in [6.07, 6.45) is 7.02. The van der Waals surface area contributed by atoms with Gasteiger partial charge in [0.15, 0.2) is 0 Å². The number of hydrogen-bond acceptors (Lipinski definition) is 2. The van der Waals surface area contributed by atoms with E-state index in [2.05, 4.69) is 6.92 Å². The largest absolute Gasteiger partial charge is 0.309 e. The molecule has 0 aromatic heterocycles. The molecule has 3 heteroatoms. The summed E-state index contributed by atoms with van der Waals surface area (Å²) >= 11 is 5.12. The van der Waals surface area contributed by atoms with Crippen LogP contribution in [-0.4, -0.2) is 11.9 Å². The van der Waals surface area contributed by atoms with Crippen LogP contribution in [0.1, 0.15) is 39.0 Å². The summed E-state index contributed by atoms with van der Waals surface area (Å²) < 4.78 is 5.68. The lowest BCUT2D eigenvalue weighted by molar-refractivity contribution is 0.182. The van der Waals surface area contributed by atoms with E-state index in [1.165, 1.54) is 32.1 Å². The van der Waals surface area contributed by atoms with Gasteiger partial charge in [0.2, 0.25) is 0 Å². The highest BCUT2D eigenvalue weighted by atomic mass is 32.8. The highest BCUT2D eigenvalue weighted by Gasteiger charge is 2.14. The molecular formula is C8H16OS2. The molecule has 1 atom stereocenters. The first kappa shape index (κ1) is 9.62. The fourth-order valence-corrected chi connectivity index (χ4v) is 2.35. The quantitative estimate of drug-likeness (QED) is 0.679. The lowest BCUT2D eigenvalue weighted by atomic mass is 9.98. The number of hydrogen-bond donors (Lipinski definition) is 0. The van der Waals surface area contributed by atoms with Crippen LogP contribution in [0.5, 0.6) is 0 Å². The van der Waals surface area contributed by atoms with E-state index >= 15 is 0 Å². The van der Waals surface area contributed by atoms with E-state index in [1.807, 2.05) is 0 Å². The van der Waals surface area contributed by atoms with Crippen molar-refractivity contribution in [3.63, 3.8) is 0 Å². The summed E-state index contributed by atoms with van der Waals surface area (Å²) in [5, 5.41) is 0. The molecule has 0 aromatic rings. The molecule has 1 aliphatic rings. The van der Waals surface area contributed by atoms with Gasteiger partial charge in [0.1, 0.15) is 0 Å². The first-order chi connectivity index (χ1) is 5.33. The van der Waals surface area contributed by atoms with Crippen molar-refractivity contribution in [3.8, 4) is 0 Å². The molecule has 1 rings (SSSR count). The van der Waals surface area contributed by atoms with E-state index < -0.39 is 0 Å². The predicted molar refractivity (Wildman–Crippen MR) is 53.2 cm³/mol. The zero-order valence-corrected chi connectivity index (χ0v) is 8.68. The fourth-order valence-electron chi connectivity index (χ4n) is 1.38. The molecule has 0 aliphatic heterocycles. The van der Waals surface area contributed by atoms with Crippen LogP contribution in [0.2, 0.25) is 0 Å². The van der Waals surface area contributed by atoms with Gasteiger partial charge < -0.3 is 4.18 Å². The summed E-state index contributed by atoms with van der Waals surface area (Å²) in [5.41, 5.74) is 0. The smallest absolute Gasteiger partial charge is 0.0725 e. The molecule has 0 aromatic carbocycles. The third-order valence-corrected chi connectivity index (χ3v) is 3.93. The van der Waals surface area contributed by atoms with Crippen LogP contribution in [0, 0.1) is 0 Å². The summed E-state index contributed by atoms with van der Waals surface area (Å²) in [6, 6.07) is 0. The molecule has 0 amide bonds. The van der Waals surface area contributed by atoms with Crippen LogP contribution in [0.4, 0.5) is 0 Å². The third kappa shape index (κ3) is 3.63. The molecule has 66 valence electrons. The van der Waals surface area contributed by atoms with Gasteiger partial charge in [-0.2, -0.15) is 0 Å². The monoisotopic (exact) mass is 192 g/mol. The molecule has 1 nitrogen and oxygen atoms in total. The second-order valence-corrected chi connectivity index (χ2v) is 5.44. The second-order valence-electron chi connectivity index (χ2n) is 2.95. The van der Waals surface area contributed by atoms with Gasteiger partial charge in [-0.15, -0.1) is 0 Å². The Labute approximate surface area is 76.3 Å². The second kappa shape index (κ2) is 5.22. The Balaban J connectivity index is 2.19. The average molecular weight is 192 g/mol. The SMILES string of the molecule is CCS(=S)OC1CCCCC1. The van der Waals surface area contributed by atoms with Crippen molar-refractivity contribution < 1.29 is 4.18 Å². The molecular weight excluding hydrogens is 176 g/mol. The van der Waals surface area contributed by atoms with E-state index in [1.54, 1.807) is 0 Å². The van der Waals surface area contributed by atoms with Gasteiger partial charge in [0, 0.05) is 15.5 Å². The van der Waals surface area contributed by atoms with Gasteiger partial charge in [-0.3, -0.25) is 0 Å². The normalized spacial score (nSPS) is 23.4. The zero-order chi connectivity index (χ0) is 8.10. The Morgan fingerprint density at radius 3 is 2.55 bits per heavy atom. The Bertz CT molecular complexity index is 130. The molecule has 0 saturated heterocycles. The average Bonchev–Trinajstić information content (AvgIpc) is 2.06. The van der Waals surface area contributed by atoms with Crippen molar-refractivity contribution >= 4 is 20.9 Å². The summed E-state index contributed by atoms with van der Waals surface area (Å²) in [4.78, 5) is 0. The van der Waals surface area contributed by atoms with Gasteiger partial charge in [0.25, 0.3) is 0 Å². The van der Waals surface area contributed by atoms with Crippen LogP contribution >= 0.6 is 0 Å². The summed E-state index contributed by atoms with van der Waals surface area (Å²) in [5.74, 6) is 0.992. The Kier molecular flexibility index (Phi) is 4.57. The minimum absolute atomic E-state index is 0.191. The highest BCUT2D eigenvalue weighted by Crippen LogP contribution is 2.20. The maximum Gasteiger partial charge on any atom is 0.0725 e. The highest BCUT2D eigenvalue weighted by molar-refractivity contribution is 8.26. The van der Waals surface area contributed by atoms with Crippen molar-refractivity contribution in [1.29, 1.82) is 0 Å². The fraction of sp³-hybridized carbons (Fsp3) is 1.00. The Morgan fingerprint density at radius 2 is 2.00 bits per heavy atom.